The van der Waals surface area contributed by atoms with E-state index in [0.29, 0.717) is 11.4 Å². The summed E-state index contributed by atoms with van der Waals surface area (Å²) in [6.45, 7) is 3.21. The summed E-state index contributed by atoms with van der Waals surface area (Å²) in [4.78, 5) is 23.8. The molecular formula is C18H18BrNO4. The van der Waals surface area contributed by atoms with Gasteiger partial charge in [-0.05, 0) is 50.2 Å². The summed E-state index contributed by atoms with van der Waals surface area (Å²) in [6.07, 6.45) is -0.910. The van der Waals surface area contributed by atoms with Crippen molar-refractivity contribution in [1.82, 2.24) is 0 Å². The topological polar surface area (TPSA) is 64.6 Å². The number of benzene rings is 2. The zero-order valence-electron chi connectivity index (χ0n) is 13.4. The number of carbonyl (C=O) groups is 2. The van der Waals surface area contributed by atoms with Gasteiger partial charge in [0.15, 0.2) is 12.7 Å². The molecule has 0 saturated heterocycles. The molecule has 0 spiro atoms. The molecule has 126 valence electrons. The number of carbonyl (C=O) groups excluding carboxylic acids is 2. The van der Waals surface area contributed by atoms with E-state index in [2.05, 4.69) is 21.2 Å². The van der Waals surface area contributed by atoms with Gasteiger partial charge in [0.2, 0.25) is 0 Å². The Kier molecular flexibility index (Phi) is 6.37. The normalized spacial score (nSPS) is 11.5. The molecule has 2 rings (SSSR count). The van der Waals surface area contributed by atoms with Crippen molar-refractivity contribution in [3.8, 4) is 5.75 Å². The van der Waals surface area contributed by atoms with Gasteiger partial charge >= 0.3 is 5.97 Å². The van der Waals surface area contributed by atoms with Crippen molar-refractivity contribution in [1.29, 1.82) is 0 Å². The number of hydrogen-bond acceptors (Lipinski definition) is 4. The number of esters is 1. The van der Waals surface area contributed by atoms with Gasteiger partial charge in [-0.1, -0.05) is 33.6 Å². The van der Waals surface area contributed by atoms with E-state index in [4.69, 9.17) is 9.47 Å². The molecule has 0 bridgehead atoms. The number of ether oxygens (including phenoxy) is 2. The van der Waals surface area contributed by atoms with Crippen molar-refractivity contribution in [3.05, 3.63) is 58.6 Å². The van der Waals surface area contributed by atoms with Gasteiger partial charge < -0.3 is 14.8 Å². The van der Waals surface area contributed by atoms with Gasteiger partial charge in [-0.25, -0.2) is 4.79 Å². The smallest absolute Gasteiger partial charge is 0.344 e. The van der Waals surface area contributed by atoms with E-state index in [1.807, 2.05) is 19.1 Å². The van der Waals surface area contributed by atoms with Crippen molar-refractivity contribution >= 4 is 33.5 Å². The van der Waals surface area contributed by atoms with Crippen LogP contribution in [-0.2, 0) is 14.3 Å². The van der Waals surface area contributed by atoms with Crippen molar-refractivity contribution in [2.45, 2.75) is 20.0 Å². The van der Waals surface area contributed by atoms with Crippen LogP contribution in [0.15, 0.2) is 53.0 Å². The molecule has 1 N–H and O–H groups in total. The number of rotatable bonds is 6. The molecule has 1 amide bonds. The van der Waals surface area contributed by atoms with Crippen LogP contribution in [0.25, 0.3) is 0 Å². The predicted molar refractivity (Wildman–Crippen MR) is 95.0 cm³/mol. The van der Waals surface area contributed by atoms with Gasteiger partial charge in [-0.15, -0.1) is 0 Å². The van der Waals surface area contributed by atoms with E-state index in [9.17, 15) is 9.59 Å². The first-order valence-electron chi connectivity index (χ1n) is 7.39. The maximum Gasteiger partial charge on any atom is 0.344 e. The Bertz CT molecular complexity index is 698. The molecule has 0 aliphatic rings. The van der Waals surface area contributed by atoms with Crippen LogP contribution in [0.2, 0.25) is 0 Å². The highest BCUT2D eigenvalue weighted by Crippen LogP contribution is 2.16. The zero-order chi connectivity index (χ0) is 17.5. The van der Waals surface area contributed by atoms with Gasteiger partial charge in [-0.2, -0.15) is 0 Å². The number of halogens is 1. The minimum Gasteiger partial charge on any atom is -0.482 e. The zero-order valence-corrected chi connectivity index (χ0v) is 15.0. The van der Waals surface area contributed by atoms with E-state index < -0.39 is 18.0 Å². The van der Waals surface area contributed by atoms with E-state index >= 15 is 0 Å². The van der Waals surface area contributed by atoms with Gasteiger partial charge in [0.05, 0.1) is 0 Å². The third kappa shape index (κ3) is 5.70. The summed E-state index contributed by atoms with van der Waals surface area (Å²) in [5, 5.41) is 2.69. The molecular weight excluding hydrogens is 374 g/mol. The van der Waals surface area contributed by atoms with E-state index in [0.717, 1.165) is 10.0 Å². The summed E-state index contributed by atoms with van der Waals surface area (Å²) in [5.41, 5.74) is 1.75. The third-order valence-corrected chi connectivity index (χ3v) is 3.70. The first kappa shape index (κ1) is 18.0. The van der Waals surface area contributed by atoms with Crippen molar-refractivity contribution < 1.29 is 19.1 Å². The second-order valence-electron chi connectivity index (χ2n) is 5.23. The second kappa shape index (κ2) is 8.49. The van der Waals surface area contributed by atoms with Gasteiger partial charge in [0, 0.05) is 10.2 Å². The summed E-state index contributed by atoms with van der Waals surface area (Å²) in [6, 6.07) is 14.4. The molecule has 0 aliphatic heterocycles. The molecule has 2 aromatic carbocycles. The molecule has 1 atom stereocenters. The van der Waals surface area contributed by atoms with Gasteiger partial charge in [0.1, 0.15) is 5.75 Å². The fraction of sp³-hybridized carbons (Fsp3) is 0.222. The van der Waals surface area contributed by atoms with Crippen LogP contribution in [0.3, 0.4) is 0 Å². The minimum atomic E-state index is -0.910. The number of hydrogen-bond donors (Lipinski definition) is 1. The SMILES string of the molecule is Cc1ccc(NC(=O)[C@@H](C)OC(=O)COc2ccc(Br)cc2)cc1. The van der Waals surface area contributed by atoms with Crippen LogP contribution >= 0.6 is 15.9 Å². The van der Waals surface area contributed by atoms with Crippen molar-refractivity contribution in [3.63, 3.8) is 0 Å². The highest BCUT2D eigenvalue weighted by Gasteiger charge is 2.18. The Morgan fingerprint density at radius 3 is 2.33 bits per heavy atom. The van der Waals surface area contributed by atoms with Crippen molar-refractivity contribution in [2.75, 3.05) is 11.9 Å². The molecule has 0 fully saturated rings. The summed E-state index contributed by atoms with van der Waals surface area (Å²) in [5.74, 6) is -0.452. The molecule has 0 unspecified atom stereocenters. The van der Waals surface area contributed by atoms with Gasteiger partial charge in [-0.3, -0.25) is 4.79 Å². The minimum absolute atomic E-state index is 0.260. The highest BCUT2D eigenvalue weighted by atomic mass is 79.9. The average Bonchev–Trinajstić information content (AvgIpc) is 2.56. The molecule has 2 aromatic rings. The summed E-state index contributed by atoms with van der Waals surface area (Å²) in [7, 11) is 0. The monoisotopic (exact) mass is 391 g/mol. The second-order valence-corrected chi connectivity index (χ2v) is 6.15. The number of aryl methyl sites for hydroxylation is 1. The van der Waals surface area contributed by atoms with Crippen LogP contribution in [0.5, 0.6) is 5.75 Å². The Morgan fingerprint density at radius 1 is 1.08 bits per heavy atom. The molecule has 6 heteroatoms. The molecule has 24 heavy (non-hydrogen) atoms. The Hall–Kier alpha value is -2.34. The van der Waals surface area contributed by atoms with E-state index in [1.54, 1.807) is 36.4 Å². The third-order valence-electron chi connectivity index (χ3n) is 3.17. The lowest BCUT2D eigenvalue weighted by Crippen LogP contribution is -2.31. The maximum atomic E-state index is 12.0. The first-order chi connectivity index (χ1) is 11.4. The lowest BCUT2D eigenvalue weighted by atomic mass is 10.2. The van der Waals surface area contributed by atoms with Crippen LogP contribution in [0, 0.1) is 6.92 Å². The fourth-order valence-corrected chi connectivity index (χ4v) is 2.10. The Labute approximate surface area is 149 Å². The largest absolute Gasteiger partial charge is 0.482 e. The first-order valence-corrected chi connectivity index (χ1v) is 8.19. The number of nitrogens with one attached hydrogen (secondary N) is 1. The van der Waals surface area contributed by atoms with Crippen LogP contribution in [-0.4, -0.2) is 24.6 Å². The molecule has 0 heterocycles. The highest BCUT2D eigenvalue weighted by molar-refractivity contribution is 9.10. The lowest BCUT2D eigenvalue weighted by molar-refractivity contribution is -0.155. The summed E-state index contributed by atoms with van der Waals surface area (Å²) < 4.78 is 11.3. The quantitative estimate of drug-likeness (QED) is 0.762. The van der Waals surface area contributed by atoms with Crippen LogP contribution < -0.4 is 10.1 Å². The molecule has 0 aliphatic carbocycles. The molecule has 0 radical (unpaired) electrons. The van der Waals surface area contributed by atoms with Crippen molar-refractivity contribution in [2.24, 2.45) is 0 Å². The average molecular weight is 392 g/mol. The standard InChI is InChI=1S/C18H18BrNO4/c1-12-3-7-15(8-4-12)20-18(22)13(2)24-17(21)11-23-16-9-5-14(19)6-10-16/h3-10,13H,11H2,1-2H3,(H,20,22)/t13-/m1/s1. The Morgan fingerprint density at radius 2 is 1.71 bits per heavy atom. The fourth-order valence-electron chi connectivity index (χ4n) is 1.84. The van der Waals surface area contributed by atoms with Crippen LogP contribution in [0.1, 0.15) is 12.5 Å². The number of anilines is 1. The van der Waals surface area contributed by atoms with E-state index in [1.165, 1.54) is 6.92 Å². The molecule has 0 aromatic heterocycles. The number of amides is 1. The van der Waals surface area contributed by atoms with Gasteiger partial charge in [0.25, 0.3) is 5.91 Å². The summed E-state index contributed by atoms with van der Waals surface area (Å²) >= 11 is 3.31. The molecule has 0 saturated carbocycles. The lowest BCUT2D eigenvalue weighted by Gasteiger charge is -2.14. The predicted octanol–water partition coefficient (Wildman–Crippen LogP) is 3.71. The Balaban J connectivity index is 1.78. The van der Waals surface area contributed by atoms with E-state index in [-0.39, 0.29) is 6.61 Å². The molecule has 5 nitrogen and oxygen atoms in total. The maximum absolute atomic E-state index is 12.0. The van der Waals surface area contributed by atoms with Crippen LogP contribution in [0.4, 0.5) is 5.69 Å².